The second-order valence-electron chi connectivity index (χ2n) is 4.39. The molecule has 0 bridgehead atoms. The molecular weight excluding hydrogens is 262 g/mol. The summed E-state index contributed by atoms with van der Waals surface area (Å²) in [7, 11) is 3.12. The first kappa shape index (κ1) is 15.8. The zero-order chi connectivity index (χ0) is 15.1. The van der Waals surface area contributed by atoms with Gasteiger partial charge in [-0.2, -0.15) is 0 Å². The fourth-order valence-corrected chi connectivity index (χ4v) is 1.74. The lowest BCUT2D eigenvalue weighted by molar-refractivity contribution is -0.140. The smallest absolute Gasteiger partial charge is 0.312 e. The van der Waals surface area contributed by atoms with Crippen LogP contribution in [0.1, 0.15) is 24.8 Å². The summed E-state index contributed by atoms with van der Waals surface area (Å²) in [6.07, 6.45) is -0.515. The Labute approximate surface area is 117 Å². The van der Waals surface area contributed by atoms with Crippen LogP contribution in [0, 0.1) is 0 Å². The van der Waals surface area contributed by atoms with E-state index in [2.05, 4.69) is 5.32 Å². The average molecular weight is 281 g/mol. The van der Waals surface area contributed by atoms with Crippen molar-refractivity contribution < 1.29 is 24.2 Å². The van der Waals surface area contributed by atoms with Gasteiger partial charge >= 0.3 is 5.97 Å². The third-order valence-corrected chi connectivity index (χ3v) is 2.89. The Morgan fingerprint density at radius 1 is 1.25 bits per heavy atom. The molecule has 6 nitrogen and oxygen atoms in total. The van der Waals surface area contributed by atoms with E-state index in [0.717, 1.165) is 5.56 Å². The largest absolute Gasteiger partial charge is 0.493 e. The SMILES string of the molecule is COc1ccc(C(C)CNC(=O)CC(=O)O)cc1OC. The Morgan fingerprint density at radius 2 is 1.90 bits per heavy atom. The highest BCUT2D eigenvalue weighted by molar-refractivity contribution is 5.93. The Hall–Kier alpha value is -2.24. The van der Waals surface area contributed by atoms with Crippen LogP contribution in [0.15, 0.2) is 18.2 Å². The van der Waals surface area contributed by atoms with Crippen LogP contribution in [0.3, 0.4) is 0 Å². The lowest BCUT2D eigenvalue weighted by atomic mass is 10.0. The third kappa shape index (κ3) is 4.46. The summed E-state index contributed by atoms with van der Waals surface area (Å²) in [5.41, 5.74) is 0.971. The molecular formula is C14H19NO5. The Kier molecular flexibility index (Phi) is 5.83. The van der Waals surface area contributed by atoms with Gasteiger partial charge in [-0.05, 0) is 23.6 Å². The number of hydrogen-bond acceptors (Lipinski definition) is 4. The Balaban J connectivity index is 2.65. The van der Waals surface area contributed by atoms with E-state index in [-0.39, 0.29) is 5.92 Å². The molecule has 110 valence electrons. The van der Waals surface area contributed by atoms with Gasteiger partial charge in [0, 0.05) is 6.54 Å². The van der Waals surface area contributed by atoms with Crippen LogP contribution < -0.4 is 14.8 Å². The van der Waals surface area contributed by atoms with Crippen LogP contribution in [0.5, 0.6) is 11.5 Å². The molecule has 0 saturated heterocycles. The highest BCUT2D eigenvalue weighted by Gasteiger charge is 2.12. The van der Waals surface area contributed by atoms with Gasteiger partial charge in [-0.3, -0.25) is 9.59 Å². The first-order valence-electron chi connectivity index (χ1n) is 6.18. The van der Waals surface area contributed by atoms with Gasteiger partial charge in [-0.1, -0.05) is 13.0 Å². The van der Waals surface area contributed by atoms with Crippen LogP contribution in [0.4, 0.5) is 0 Å². The molecule has 0 aliphatic rings. The number of hydrogen-bond donors (Lipinski definition) is 2. The molecule has 0 aromatic heterocycles. The number of methoxy groups -OCH3 is 2. The average Bonchev–Trinajstić information content (AvgIpc) is 2.43. The minimum atomic E-state index is -1.14. The molecule has 0 aliphatic carbocycles. The van der Waals surface area contributed by atoms with Crippen LogP contribution in [-0.4, -0.2) is 37.7 Å². The van der Waals surface area contributed by atoms with Gasteiger partial charge < -0.3 is 19.9 Å². The van der Waals surface area contributed by atoms with E-state index in [1.807, 2.05) is 19.1 Å². The van der Waals surface area contributed by atoms with Crippen LogP contribution >= 0.6 is 0 Å². The Bertz CT molecular complexity index is 486. The van der Waals surface area contributed by atoms with Gasteiger partial charge in [-0.15, -0.1) is 0 Å². The van der Waals surface area contributed by atoms with Crippen LogP contribution in [0.25, 0.3) is 0 Å². The van der Waals surface area contributed by atoms with Crippen molar-refractivity contribution in [1.82, 2.24) is 5.32 Å². The van der Waals surface area contributed by atoms with Crippen molar-refractivity contribution in [3.63, 3.8) is 0 Å². The topological polar surface area (TPSA) is 84.9 Å². The molecule has 20 heavy (non-hydrogen) atoms. The number of amides is 1. The van der Waals surface area contributed by atoms with Crippen LogP contribution in [0.2, 0.25) is 0 Å². The number of carbonyl (C=O) groups excluding carboxylic acids is 1. The van der Waals surface area contributed by atoms with Crippen molar-refractivity contribution >= 4 is 11.9 Å². The maximum Gasteiger partial charge on any atom is 0.312 e. The molecule has 0 heterocycles. The summed E-state index contributed by atoms with van der Waals surface area (Å²) in [6.45, 7) is 2.30. The highest BCUT2D eigenvalue weighted by Crippen LogP contribution is 2.30. The van der Waals surface area contributed by atoms with Crippen molar-refractivity contribution in [3.8, 4) is 11.5 Å². The summed E-state index contributed by atoms with van der Waals surface area (Å²) in [6, 6.07) is 5.52. The fraction of sp³-hybridized carbons (Fsp3) is 0.429. The van der Waals surface area contributed by atoms with Crippen molar-refractivity contribution in [3.05, 3.63) is 23.8 Å². The monoisotopic (exact) mass is 281 g/mol. The van der Waals surface area contributed by atoms with E-state index < -0.39 is 18.3 Å². The molecule has 0 aliphatic heterocycles. The van der Waals surface area contributed by atoms with Gasteiger partial charge in [0.15, 0.2) is 11.5 Å². The molecule has 1 aromatic carbocycles. The zero-order valence-corrected chi connectivity index (χ0v) is 11.8. The Morgan fingerprint density at radius 3 is 2.45 bits per heavy atom. The molecule has 1 amide bonds. The standard InChI is InChI=1S/C14H19NO5/c1-9(8-15-13(16)7-14(17)18)10-4-5-11(19-2)12(6-10)20-3/h4-6,9H,7-8H2,1-3H3,(H,15,16)(H,17,18). The third-order valence-electron chi connectivity index (χ3n) is 2.89. The van der Waals surface area contributed by atoms with Gasteiger partial charge in [0.25, 0.3) is 0 Å². The summed E-state index contributed by atoms with van der Waals surface area (Å²) in [5, 5.41) is 11.1. The predicted octanol–water partition coefficient (Wildman–Crippen LogP) is 1.40. The number of carboxylic acid groups (broad SMARTS) is 1. The van der Waals surface area contributed by atoms with Crippen molar-refractivity contribution in [1.29, 1.82) is 0 Å². The number of ether oxygens (including phenoxy) is 2. The van der Waals surface area contributed by atoms with E-state index in [1.54, 1.807) is 20.3 Å². The second kappa shape index (κ2) is 7.37. The molecule has 1 unspecified atom stereocenters. The molecule has 1 atom stereocenters. The molecule has 6 heteroatoms. The van der Waals surface area contributed by atoms with Crippen molar-refractivity contribution in [2.45, 2.75) is 19.3 Å². The predicted molar refractivity (Wildman–Crippen MR) is 73.2 cm³/mol. The number of carboxylic acids is 1. The van der Waals surface area contributed by atoms with E-state index in [9.17, 15) is 9.59 Å². The van der Waals surface area contributed by atoms with E-state index >= 15 is 0 Å². The number of rotatable bonds is 7. The minimum Gasteiger partial charge on any atom is -0.493 e. The molecule has 0 spiro atoms. The quantitative estimate of drug-likeness (QED) is 0.738. The second-order valence-corrected chi connectivity index (χ2v) is 4.39. The van der Waals surface area contributed by atoms with E-state index in [1.165, 1.54) is 0 Å². The molecule has 0 radical (unpaired) electrons. The summed E-state index contributed by atoms with van der Waals surface area (Å²) < 4.78 is 10.4. The normalized spacial score (nSPS) is 11.6. The maximum atomic E-state index is 11.3. The number of aliphatic carboxylic acids is 1. The zero-order valence-electron chi connectivity index (χ0n) is 11.8. The highest BCUT2D eigenvalue weighted by atomic mass is 16.5. The van der Waals surface area contributed by atoms with Gasteiger partial charge in [0.1, 0.15) is 6.42 Å². The lowest BCUT2D eigenvalue weighted by Gasteiger charge is -2.15. The summed E-state index contributed by atoms with van der Waals surface area (Å²) in [4.78, 5) is 21.7. The maximum absolute atomic E-state index is 11.3. The lowest BCUT2D eigenvalue weighted by Crippen LogP contribution is -2.29. The molecule has 1 aromatic rings. The molecule has 2 N–H and O–H groups in total. The molecule has 1 rings (SSSR count). The first-order valence-corrected chi connectivity index (χ1v) is 6.18. The number of nitrogens with one attached hydrogen (secondary N) is 1. The number of carbonyl (C=O) groups is 2. The van der Waals surface area contributed by atoms with Crippen molar-refractivity contribution in [2.75, 3.05) is 20.8 Å². The van der Waals surface area contributed by atoms with Gasteiger partial charge in [0.2, 0.25) is 5.91 Å². The van der Waals surface area contributed by atoms with Crippen LogP contribution in [-0.2, 0) is 9.59 Å². The van der Waals surface area contributed by atoms with Gasteiger partial charge in [-0.25, -0.2) is 0 Å². The van der Waals surface area contributed by atoms with Crippen molar-refractivity contribution in [2.24, 2.45) is 0 Å². The summed E-state index contributed by atoms with van der Waals surface area (Å²) >= 11 is 0. The number of benzene rings is 1. The van der Waals surface area contributed by atoms with E-state index in [0.29, 0.717) is 18.0 Å². The minimum absolute atomic E-state index is 0.0348. The fourth-order valence-electron chi connectivity index (χ4n) is 1.74. The molecule has 0 fully saturated rings. The summed E-state index contributed by atoms with van der Waals surface area (Å²) in [5.74, 6) is -0.342. The van der Waals surface area contributed by atoms with Gasteiger partial charge in [0.05, 0.1) is 14.2 Å². The van der Waals surface area contributed by atoms with E-state index in [4.69, 9.17) is 14.6 Å². The first-order chi connectivity index (χ1) is 9.47. The molecule has 0 saturated carbocycles.